The Labute approximate surface area is 90.4 Å². The van der Waals surface area contributed by atoms with Crippen LogP contribution in [0.2, 0.25) is 0 Å². The van der Waals surface area contributed by atoms with Gasteiger partial charge in [0.2, 0.25) is 0 Å². The van der Waals surface area contributed by atoms with Crippen molar-refractivity contribution < 1.29 is 4.79 Å². The average Bonchev–Trinajstić information content (AvgIpc) is 2.15. The van der Waals surface area contributed by atoms with Gasteiger partial charge in [0.15, 0.2) is 0 Å². The highest BCUT2D eigenvalue weighted by molar-refractivity contribution is 9.10. The Morgan fingerprint density at radius 2 is 2.15 bits per heavy atom. The average molecular weight is 263 g/mol. The van der Waals surface area contributed by atoms with E-state index in [0.29, 0.717) is 18.0 Å². The third-order valence-corrected chi connectivity index (χ3v) is 2.38. The summed E-state index contributed by atoms with van der Waals surface area (Å²) in [6.45, 7) is 0.488. The molecule has 2 nitrogen and oxygen atoms in total. The highest BCUT2D eigenvalue weighted by Gasteiger charge is 2.06. The minimum Gasteiger partial charge on any atom is -0.351 e. The van der Waals surface area contributed by atoms with Crippen LogP contribution in [0.1, 0.15) is 10.4 Å². The maximum atomic E-state index is 11.4. The molecular formula is C9H9BrClNO. The van der Waals surface area contributed by atoms with Crippen LogP contribution in [-0.4, -0.2) is 18.3 Å². The lowest BCUT2D eigenvalue weighted by Crippen LogP contribution is -2.25. The van der Waals surface area contributed by atoms with Gasteiger partial charge in [-0.25, -0.2) is 0 Å². The van der Waals surface area contributed by atoms with Crippen LogP contribution in [0.15, 0.2) is 28.7 Å². The Kier molecular flexibility index (Phi) is 4.25. The lowest BCUT2D eigenvalue weighted by molar-refractivity contribution is 0.0955. The zero-order chi connectivity index (χ0) is 9.68. The Bertz CT molecular complexity index is 303. The summed E-state index contributed by atoms with van der Waals surface area (Å²) in [6.07, 6.45) is 0. The maximum Gasteiger partial charge on any atom is 0.252 e. The van der Waals surface area contributed by atoms with Crippen LogP contribution in [0.3, 0.4) is 0 Å². The molecule has 0 aliphatic carbocycles. The van der Waals surface area contributed by atoms with Gasteiger partial charge in [-0.1, -0.05) is 12.1 Å². The molecule has 1 aromatic rings. The second kappa shape index (κ2) is 5.25. The molecule has 0 atom stereocenters. The highest BCUT2D eigenvalue weighted by Crippen LogP contribution is 2.15. The molecule has 1 rings (SSSR count). The molecule has 13 heavy (non-hydrogen) atoms. The van der Waals surface area contributed by atoms with E-state index in [4.69, 9.17) is 11.6 Å². The maximum absolute atomic E-state index is 11.4. The van der Waals surface area contributed by atoms with Crippen molar-refractivity contribution in [2.45, 2.75) is 0 Å². The van der Waals surface area contributed by atoms with Gasteiger partial charge in [-0.2, -0.15) is 0 Å². The molecule has 0 unspecified atom stereocenters. The number of hydrogen-bond acceptors (Lipinski definition) is 1. The number of benzene rings is 1. The van der Waals surface area contributed by atoms with Crippen LogP contribution >= 0.6 is 27.5 Å². The first kappa shape index (κ1) is 10.5. The van der Waals surface area contributed by atoms with E-state index in [2.05, 4.69) is 21.2 Å². The van der Waals surface area contributed by atoms with Gasteiger partial charge in [0.25, 0.3) is 5.91 Å². The molecule has 0 fully saturated rings. The molecule has 0 aliphatic rings. The molecule has 70 valence electrons. The van der Waals surface area contributed by atoms with E-state index in [1.54, 1.807) is 6.07 Å². The fourth-order valence-corrected chi connectivity index (χ4v) is 1.46. The predicted octanol–water partition coefficient (Wildman–Crippen LogP) is 2.42. The van der Waals surface area contributed by atoms with E-state index in [1.807, 2.05) is 18.2 Å². The number of amides is 1. The molecule has 0 heterocycles. The summed E-state index contributed by atoms with van der Waals surface area (Å²) in [5.74, 6) is 0.323. The van der Waals surface area contributed by atoms with Crippen LogP contribution in [0, 0.1) is 0 Å². The fourth-order valence-electron chi connectivity index (χ4n) is 0.901. The molecule has 0 aromatic heterocycles. The third kappa shape index (κ3) is 3.01. The molecule has 0 aliphatic heterocycles. The minimum atomic E-state index is -0.104. The molecule has 4 heteroatoms. The van der Waals surface area contributed by atoms with Gasteiger partial charge < -0.3 is 5.32 Å². The molecular weight excluding hydrogens is 253 g/mol. The first-order valence-corrected chi connectivity index (χ1v) is 5.17. The number of hydrogen-bond donors (Lipinski definition) is 1. The van der Waals surface area contributed by atoms with E-state index in [9.17, 15) is 4.79 Å². The lowest BCUT2D eigenvalue weighted by Gasteiger charge is -2.04. The third-order valence-electron chi connectivity index (χ3n) is 1.50. The van der Waals surface area contributed by atoms with Crippen LogP contribution in [0.4, 0.5) is 0 Å². The summed E-state index contributed by atoms with van der Waals surface area (Å²) in [7, 11) is 0. The van der Waals surface area contributed by atoms with E-state index in [0.717, 1.165) is 4.47 Å². The van der Waals surface area contributed by atoms with Gasteiger partial charge in [0.05, 0.1) is 5.56 Å². The topological polar surface area (TPSA) is 29.1 Å². The van der Waals surface area contributed by atoms with Crippen molar-refractivity contribution in [2.75, 3.05) is 12.4 Å². The summed E-state index contributed by atoms with van der Waals surface area (Å²) < 4.78 is 0.794. The highest BCUT2D eigenvalue weighted by atomic mass is 79.9. The van der Waals surface area contributed by atoms with Gasteiger partial charge in [0.1, 0.15) is 0 Å². The van der Waals surface area contributed by atoms with Gasteiger partial charge in [-0.05, 0) is 28.1 Å². The fraction of sp³-hybridized carbons (Fsp3) is 0.222. The Hall–Kier alpha value is -0.540. The zero-order valence-electron chi connectivity index (χ0n) is 6.89. The van der Waals surface area contributed by atoms with Gasteiger partial charge in [-0.3, -0.25) is 4.79 Å². The Balaban J connectivity index is 2.71. The molecule has 0 radical (unpaired) electrons. The second-order valence-corrected chi connectivity index (χ2v) is 3.66. The molecule has 1 N–H and O–H groups in total. The summed E-state index contributed by atoms with van der Waals surface area (Å²) in [5.41, 5.74) is 0.632. The molecule has 0 spiro atoms. The first-order valence-electron chi connectivity index (χ1n) is 3.84. The lowest BCUT2D eigenvalue weighted by atomic mass is 10.2. The SMILES string of the molecule is O=C(NCCCl)c1ccccc1Br. The zero-order valence-corrected chi connectivity index (χ0v) is 9.23. The number of carbonyl (C=O) groups excluding carboxylic acids is 1. The van der Waals surface area contributed by atoms with E-state index in [-0.39, 0.29) is 5.91 Å². The van der Waals surface area contributed by atoms with Crippen molar-refractivity contribution in [3.8, 4) is 0 Å². The molecule has 1 aromatic carbocycles. The van der Waals surface area contributed by atoms with Crippen LogP contribution in [0.25, 0.3) is 0 Å². The predicted molar refractivity (Wildman–Crippen MR) is 57.2 cm³/mol. The smallest absolute Gasteiger partial charge is 0.252 e. The molecule has 0 saturated heterocycles. The Morgan fingerprint density at radius 3 is 2.77 bits per heavy atom. The van der Waals surface area contributed by atoms with Gasteiger partial charge in [-0.15, -0.1) is 11.6 Å². The summed E-state index contributed by atoms with van der Waals surface area (Å²) in [5, 5.41) is 2.69. The normalized spacial score (nSPS) is 9.69. The van der Waals surface area contributed by atoms with Crippen molar-refractivity contribution in [2.24, 2.45) is 0 Å². The molecule has 0 bridgehead atoms. The van der Waals surface area contributed by atoms with Gasteiger partial charge >= 0.3 is 0 Å². The Morgan fingerprint density at radius 1 is 1.46 bits per heavy atom. The second-order valence-electron chi connectivity index (χ2n) is 2.42. The van der Waals surface area contributed by atoms with E-state index < -0.39 is 0 Å². The van der Waals surface area contributed by atoms with Crippen molar-refractivity contribution in [1.29, 1.82) is 0 Å². The summed E-state index contributed by atoms with van der Waals surface area (Å²) in [6, 6.07) is 7.27. The minimum absolute atomic E-state index is 0.104. The first-order chi connectivity index (χ1) is 6.25. The number of alkyl halides is 1. The number of halogens is 2. The largest absolute Gasteiger partial charge is 0.351 e. The number of rotatable bonds is 3. The quantitative estimate of drug-likeness (QED) is 0.833. The van der Waals surface area contributed by atoms with E-state index >= 15 is 0 Å². The monoisotopic (exact) mass is 261 g/mol. The molecule has 0 saturated carbocycles. The van der Waals surface area contributed by atoms with Crippen LogP contribution < -0.4 is 5.32 Å². The summed E-state index contributed by atoms with van der Waals surface area (Å²) in [4.78, 5) is 11.4. The van der Waals surface area contributed by atoms with E-state index in [1.165, 1.54) is 0 Å². The van der Waals surface area contributed by atoms with Crippen molar-refractivity contribution in [3.05, 3.63) is 34.3 Å². The standard InChI is InChI=1S/C9H9BrClNO/c10-8-4-2-1-3-7(8)9(13)12-6-5-11/h1-4H,5-6H2,(H,12,13). The van der Waals surface area contributed by atoms with Crippen molar-refractivity contribution in [3.63, 3.8) is 0 Å². The van der Waals surface area contributed by atoms with Crippen LogP contribution in [0.5, 0.6) is 0 Å². The number of nitrogens with one attached hydrogen (secondary N) is 1. The van der Waals surface area contributed by atoms with Crippen molar-refractivity contribution >= 4 is 33.4 Å². The van der Waals surface area contributed by atoms with Crippen LogP contribution in [-0.2, 0) is 0 Å². The van der Waals surface area contributed by atoms with Crippen molar-refractivity contribution in [1.82, 2.24) is 5.32 Å². The summed E-state index contributed by atoms with van der Waals surface area (Å²) >= 11 is 8.74. The number of carbonyl (C=O) groups is 1. The molecule has 1 amide bonds. The van der Waals surface area contributed by atoms with Gasteiger partial charge in [0, 0.05) is 16.9 Å².